The van der Waals surface area contributed by atoms with Crippen molar-refractivity contribution >= 4 is 41.5 Å². The molecule has 1 aliphatic heterocycles. The average molecular weight is 445 g/mol. The first kappa shape index (κ1) is 20.7. The summed E-state index contributed by atoms with van der Waals surface area (Å²) in [5.41, 5.74) is 8.18. The van der Waals surface area contributed by atoms with Gasteiger partial charge in [-0.15, -0.1) is 24.0 Å². The highest BCUT2D eigenvalue weighted by atomic mass is 127. The van der Waals surface area contributed by atoms with Crippen molar-refractivity contribution in [1.82, 2.24) is 9.80 Å². The van der Waals surface area contributed by atoms with Gasteiger partial charge in [-0.3, -0.25) is 14.7 Å². The monoisotopic (exact) mass is 445 g/mol. The van der Waals surface area contributed by atoms with Gasteiger partial charge in [-0.1, -0.05) is 19.1 Å². The first-order valence-electron chi connectivity index (χ1n) is 8.22. The van der Waals surface area contributed by atoms with Gasteiger partial charge >= 0.3 is 0 Å². The van der Waals surface area contributed by atoms with Crippen molar-refractivity contribution in [1.29, 1.82) is 0 Å². The number of benzene rings is 1. The molecule has 0 aliphatic carbocycles. The Morgan fingerprint density at radius 2 is 1.83 bits per heavy atom. The molecule has 0 bridgehead atoms. The maximum Gasteiger partial charge on any atom is 0.219 e. The van der Waals surface area contributed by atoms with Gasteiger partial charge < -0.3 is 16.0 Å². The summed E-state index contributed by atoms with van der Waals surface area (Å²) < 4.78 is 0. The number of nitrogens with zero attached hydrogens (tertiary/aromatic N) is 3. The van der Waals surface area contributed by atoms with Crippen LogP contribution in [0.2, 0.25) is 0 Å². The van der Waals surface area contributed by atoms with Crippen molar-refractivity contribution in [2.24, 2.45) is 10.7 Å². The Kier molecular flexibility index (Phi) is 9.05. The number of amides is 1. The van der Waals surface area contributed by atoms with E-state index in [1.54, 1.807) is 6.92 Å². The van der Waals surface area contributed by atoms with E-state index in [0.29, 0.717) is 12.5 Å². The molecule has 24 heavy (non-hydrogen) atoms. The zero-order chi connectivity index (χ0) is 16.7. The molecule has 1 aromatic rings. The van der Waals surface area contributed by atoms with E-state index >= 15 is 0 Å². The smallest absolute Gasteiger partial charge is 0.219 e. The molecule has 1 aliphatic rings. The highest BCUT2D eigenvalue weighted by Crippen LogP contribution is 2.09. The van der Waals surface area contributed by atoms with Crippen molar-refractivity contribution < 1.29 is 4.79 Å². The number of anilines is 1. The molecule has 7 heteroatoms. The number of nitrogens with one attached hydrogen (secondary N) is 1. The highest BCUT2D eigenvalue weighted by Gasteiger charge is 2.17. The molecule has 1 saturated heterocycles. The van der Waals surface area contributed by atoms with Gasteiger partial charge in [0.05, 0.1) is 6.54 Å². The lowest BCUT2D eigenvalue weighted by atomic mass is 10.1. The fourth-order valence-corrected chi connectivity index (χ4v) is 2.61. The Hall–Kier alpha value is -1.35. The van der Waals surface area contributed by atoms with E-state index < -0.39 is 0 Å². The first-order valence-corrected chi connectivity index (χ1v) is 8.22. The van der Waals surface area contributed by atoms with E-state index in [9.17, 15) is 4.79 Å². The fraction of sp³-hybridized carbons (Fsp3) is 0.529. The van der Waals surface area contributed by atoms with E-state index in [2.05, 4.69) is 34.3 Å². The maximum absolute atomic E-state index is 11.3. The quantitative estimate of drug-likeness (QED) is 0.412. The standard InChI is InChI=1S/C17H27N5O.HI/c1-3-15-4-6-16(7-5-15)20-17(18)19-8-9-21-10-12-22(13-11-21)14(2)23;/h4-7H,3,8-13H2,1-2H3,(H3,18,19,20);1H. The van der Waals surface area contributed by atoms with Gasteiger partial charge in [0.1, 0.15) is 0 Å². The van der Waals surface area contributed by atoms with Crippen LogP contribution in [0.3, 0.4) is 0 Å². The van der Waals surface area contributed by atoms with Crippen molar-refractivity contribution in [3.63, 3.8) is 0 Å². The molecule has 0 atom stereocenters. The van der Waals surface area contributed by atoms with E-state index in [-0.39, 0.29) is 29.9 Å². The van der Waals surface area contributed by atoms with Crippen molar-refractivity contribution in [3.05, 3.63) is 29.8 Å². The molecule has 1 heterocycles. The van der Waals surface area contributed by atoms with Gasteiger partial charge in [0.2, 0.25) is 5.91 Å². The Morgan fingerprint density at radius 3 is 2.38 bits per heavy atom. The third kappa shape index (κ3) is 6.64. The molecule has 2 rings (SSSR count). The number of aliphatic imine (C=N–C) groups is 1. The van der Waals surface area contributed by atoms with Gasteiger partial charge in [0.15, 0.2) is 5.96 Å². The number of piperazine rings is 1. The second-order valence-corrected chi connectivity index (χ2v) is 5.79. The normalized spacial score (nSPS) is 15.8. The predicted octanol–water partition coefficient (Wildman–Crippen LogP) is 1.76. The summed E-state index contributed by atoms with van der Waals surface area (Å²) in [6.45, 7) is 8.69. The minimum absolute atomic E-state index is 0. The van der Waals surface area contributed by atoms with Crippen LogP contribution in [-0.4, -0.2) is 60.9 Å². The van der Waals surface area contributed by atoms with Crippen molar-refractivity contribution in [3.8, 4) is 0 Å². The summed E-state index contributed by atoms with van der Waals surface area (Å²) in [4.78, 5) is 19.9. The van der Waals surface area contributed by atoms with Crippen LogP contribution in [0, 0.1) is 0 Å². The number of guanidine groups is 1. The molecule has 134 valence electrons. The number of carbonyl (C=O) groups is 1. The molecule has 0 unspecified atom stereocenters. The van der Waals surface area contributed by atoms with Crippen LogP contribution in [-0.2, 0) is 11.2 Å². The van der Waals surface area contributed by atoms with Gasteiger partial charge in [-0.05, 0) is 24.1 Å². The lowest BCUT2D eigenvalue weighted by Crippen LogP contribution is -2.48. The number of halogens is 1. The molecule has 0 spiro atoms. The topological polar surface area (TPSA) is 74.0 Å². The minimum Gasteiger partial charge on any atom is -0.370 e. The Morgan fingerprint density at radius 1 is 1.21 bits per heavy atom. The summed E-state index contributed by atoms with van der Waals surface area (Å²) in [6.07, 6.45) is 1.03. The Labute approximate surface area is 161 Å². The predicted molar refractivity (Wildman–Crippen MR) is 110 cm³/mol. The van der Waals surface area contributed by atoms with E-state index in [0.717, 1.165) is 44.8 Å². The van der Waals surface area contributed by atoms with Crippen LogP contribution >= 0.6 is 24.0 Å². The lowest BCUT2D eigenvalue weighted by Gasteiger charge is -2.33. The second-order valence-electron chi connectivity index (χ2n) is 5.79. The zero-order valence-corrected chi connectivity index (χ0v) is 16.8. The summed E-state index contributed by atoms with van der Waals surface area (Å²) >= 11 is 0. The number of rotatable bonds is 5. The van der Waals surface area contributed by atoms with Gasteiger partial charge in [-0.25, -0.2) is 0 Å². The molecule has 0 saturated carbocycles. The molecule has 3 N–H and O–H groups in total. The maximum atomic E-state index is 11.3. The molecular formula is C17H28IN5O. The highest BCUT2D eigenvalue weighted by molar-refractivity contribution is 14.0. The largest absolute Gasteiger partial charge is 0.370 e. The zero-order valence-electron chi connectivity index (χ0n) is 14.5. The second kappa shape index (κ2) is 10.5. The lowest BCUT2D eigenvalue weighted by molar-refractivity contribution is -0.130. The number of carbonyl (C=O) groups excluding carboxylic acids is 1. The molecule has 1 fully saturated rings. The molecular weight excluding hydrogens is 417 g/mol. The van der Waals surface area contributed by atoms with E-state index in [4.69, 9.17) is 5.73 Å². The van der Waals surface area contributed by atoms with E-state index in [1.807, 2.05) is 17.0 Å². The summed E-state index contributed by atoms with van der Waals surface area (Å²) in [7, 11) is 0. The Balaban J connectivity index is 0.00000288. The van der Waals surface area contributed by atoms with Gasteiger partial charge in [0, 0.05) is 45.3 Å². The number of aryl methyl sites for hydroxylation is 1. The minimum atomic E-state index is 0. The summed E-state index contributed by atoms with van der Waals surface area (Å²) in [5, 5.41) is 3.11. The van der Waals surface area contributed by atoms with Crippen LogP contribution in [0.4, 0.5) is 5.69 Å². The molecule has 0 aromatic heterocycles. The van der Waals surface area contributed by atoms with Crippen LogP contribution < -0.4 is 11.1 Å². The number of hydrogen-bond acceptors (Lipinski definition) is 3. The average Bonchev–Trinajstić information content (AvgIpc) is 2.56. The SMILES string of the molecule is CCc1ccc(NC(N)=NCCN2CCN(C(C)=O)CC2)cc1.I. The van der Waals surface area contributed by atoms with Crippen LogP contribution in [0.25, 0.3) is 0 Å². The van der Waals surface area contributed by atoms with Crippen LogP contribution in [0.15, 0.2) is 29.3 Å². The molecule has 1 amide bonds. The third-order valence-electron chi connectivity index (χ3n) is 4.15. The summed E-state index contributed by atoms with van der Waals surface area (Å²) in [5.74, 6) is 0.599. The number of nitrogens with two attached hydrogens (primary N) is 1. The molecule has 1 aromatic carbocycles. The van der Waals surface area contributed by atoms with Crippen LogP contribution in [0.1, 0.15) is 19.4 Å². The Bertz CT molecular complexity index is 538. The number of hydrogen-bond donors (Lipinski definition) is 2. The summed E-state index contributed by atoms with van der Waals surface area (Å²) in [6, 6.07) is 8.21. The van der Waals surface area contributed by atoms with Gasteiger partial charge in [-0.2, -0.15) is 0 Å². The molecule has 0 radical (unpaired) electrons. The van der Waals surface area contributed by atoms with Crippen molar-refractivity contribution in [2.45, 2.75) is 20.3 Å². The van der Waals surface area contributed by atoms with Gasteiger partial charge in [0.25, 0.3) is 0 Å². The first-order chi connectivity index (χ1) is 11.1. The van der Waals surface area contributed by atoms with Crippen molar-refractivity contribution in [2.75, 3.05) is 44.6 Å². The molecule has 6 nitrogen and oxygen atoms in total. The van der Waals surface area contributed by atoms with Crippen LogP contribution in [0.5, 0.6) is 0 Å². The third-order valence-corrected chi connectivity index (χ3v) is 4.15. The fourth-order valence-electron chi connectivity index (χ4n) is 2.61. The van der Waals surface area contributed by atoms with E-state index in [1.165, 1.54) is 5.56 Å².